The van der Waals surface area contributed by atoms with Crippen LogP contribution in [-0.4, -0.2) is 41.7 Å². The number of cyclic esters (lactones) is 2. The number of carbonyl (C=O) groups is 2. The van der Waals surface area contributed by atoms with Gasteiger partial charge in [-0.3, -0.25) is 0 Å². The van der Waals surface area contributed by atoms with E-state index in [9.17, 15) is 18.0 Å². The molecule has 0 saturated carbocycles. The summed E-state index contributed by atoms with van der Waals surface area (Å²) in [4.78, 5) is 23.9. The Kier molecular flexibility index (Phi) is 1.59. The van der Waals surface area contributed by atoms with E-state index >= 15 is 0 Å². The standard InChI is InChI=1S/C9H6IO6S/c11-6-8-3-17(13,14)10-9(8,7(12)16-6)5-2-1-4(8)15-5/h1-2,4-5H,3H2/q-1. The Morgan fingerprint density at radius 3 is 2.65 bits per heavy atom. The molecule has 2 bridgehead atoms. The second kappa shape index (κ2) is 2.59. The molecule has 3 fully saturated rings. The van der Waals surface area contributed by atoms with Gasteiger partial charge in [0.2, 0.25) is 0 Å². The zero-order chi connectivity index (χ0) is 12.1. The van der Waals surface area contributed by atoms with Crippen molar-refractivity contribution in [2.24, 2.45) is 5.41 Å². The van der Waals surface area contributed by atoms with Crippen molar-refractivity contribution in [1.29, 1.82) is 0 Å². The number of esters is 2. The molecule has 0 amide bonds. The Balaban J connectivity index is 2.08. The maximum atomic E-state index is 11.9. The number of carbonyl (C=O) groups excluding carboxylic acids is 2. The number of halogens is 1. The molecule has 0 spiro atoms. The minimum atomic E-state index is -3.31. The molecule has 6 nitrogen and oxygen atoms in total. The van der Waals surface area contributed by atoms with Crippen molar-refractivity contribution >= 4 is 18.9 Å². The van der Waals surface area contributed by atoms with Crippen molar-refractivity contribution in [2.75, 3.05) is 5.75 Å². The summed E-state index contributed by atoms with van der Waals surface area (Å²) in [6.45, 7) is 0. The molecule has 4 aliphatic rings. The zero-order valence-corrected chi connectivity index (χ0v) is 11.2. The normalized spacial score (nSPS) is 53.2. The second-order valence-electron chi connectivity index (χ2n) is 4.48. The van der Waals surface area contributed by atoms with Crippen LogP contribution in [0.4, 0.5) is 0 Å². The van der Waals surface area contributed by atoms with Gasteiger partial charge in [0, 0.05) is 0 Å². The minimum absolute atomic E-state index is 0.302. The van der Waals surface area contributed by atoms with E-state index in [0.29, 0.717) is 0 Å². The molecule has 0 N–H and O–H groups in total. The molecule has 3 saturated heterocycles. The summed E-state index contributed by atoms with van der Waals surface area (Å²) >= 11 is -1.50. The van der Waals surface area contributed by atoms with Gasteiger partial charge in [-0.1, -0.05) is 0 Å². The van der Waals surface area contributed by atoms with Crippen molar-refractivity contribution in [2.45, 2.75) is 15.6 Å². The summed E-state index contributed by atoms with van der Waals surface area (Å²) in [6.07, 6.45) is 2.14. The summed E-state index contributed by atoms with van der Waals surface area (Å²) < 4.78 is 32.8. The number of rotatable bonds is 0. The maximum absolute atomic E-state index is 11.9. The third kappa shape index (κ3) is 0.857. The van der Waals surface area contributed by atoms with E-state index in [4.69, 9.17) is 9.47 Å². The van der Waals surface area contributed by atoms with Crippen LogP contribution in [0.1, 0.15) is 0 Å². The number of hydrogen-bond acceptors (Lipinski definition) is 6. The molecule has 4 atom stereocenters. The van der Waals surface area contributed by atoms with Crippen LogP contribution in [0.5, 0.6) is 0 Å². The fourth-order valence-corrected chi connectivity index (χ4v) is 13.9. The van der Waals surface area contributed by atoms with Gasteiger partial charge in [-0.15, -0.1) is 0 Å². The third-order valence-corrected chi connectivity index (χ3v) is 12.1. The van der Waals surface area contributed by atoms with Gasteiger partial charge in [-0.2, -0.15) is 0 Å². The average Bonchev–Trinajstić information content (AvgIpc) is 2.86. The van der Waals surface area contributed by atoms with Crippen LogP contribution in [0, 0.1) is 5.41 Å². The van der Waals surface area contributed by atoms with E-state index in [-0.39, 0.29) is 5.75 Å². The summed E-state index contributed by atoms with van der Waals surface area (Å²) in [6, 6.07) is 0. The predicted octanol–water partition coefficient (Wildman–Crippen LogP) is -4.44. The Bertz CT molecular complexity index is 565. The molecule has 4 aliphatic heterocycles. The van der Waals surface area contributed by atoms with Crippen LogP contribution >= 0.6 is 0 Å². The van der Waals surface area contributed by atoms with Crippen LogP contribution in [0.25, 0.3) is 0 Å². The summed E-state index contributed by atoms with van der Waals surface area (Å²) in [7, 11) is -3.31. The topological polar surface area (TPSA) is 86.7 Å². The summed E-state index contributed by atoms with van der Waals surface area (Å²) in [5.41, 5.74) is -1.28. The van der Waals surface area contributed by atoms with Gasteiger partial charge in [-0.25, -0.2) is 0 Å². The van der Waals surface area contributed by atoms with Crippen molar-refractivity contribution < 1.29 is 47.3 Å². The molecule has 0 aliphatic carbocycles. The van der Waals surface area contributed by atoms with Crippen molar-refractivity contribution in [1.82, 2.24) is 0 Å². The quantitative estimate of drug-likeness (QED) is 0.107. The molecule has 17 heavy (non-hydrogen) atoms. The van der Waals surface area contributed by atoms with E-state index in [2.05, 4.69) is 0 Å². The first-order valence-electron chi connectivity index (χ1n) is 4.93. The molecule has 4 unspecified atom stereocenters. The Hall–Kier alpha value is -0.480. The molecule has 8 heteroatoms. The van der Waals surface area contributed by atoms with Crippen LogP contribution in [0.3, 0.4) is 0 Å². The monoisotopic (exact) mass is 369 g/mol. The van der Waals surface area contributed by atoms with E-state index in [1.165, 1.54) is 0 Å². The van der Waals surface area contributed by atoms with E-state index in [1.54, 1.807) is 12.2 Å². The SMILES string of the molecule is O=C1OC(=O)C23[I-]S(=O)(=O)CC12C1C=CC3O1. The molecule has 4 rings (SSSR count). The summed E-state index contributed by atoms with van der Waals surface area (Å²) in [5, 5.41) is 0. The van der Waals surface area contributed by atoms with Gasteiger partial charge in [0.05, 0.1) is 0 Å². The van der Waals surface area contributed by atoms with Gasteiger partial charge < -0.3 is 0 Å². The predicted molar refractivity (Wildman–Crippen MR) is 47.9 cm³/mol. The van der Waals surface area contributed by atoms with Crippen LogP contribution in [0.2, 0.25) is 0 Å². The fraction of sp³-hybridized carbons (Fsp3) is 0.556. The molecule has 92 valence electrons. The van der Waals surface area contributed by atoms with E-state index in [0.717, 1.165) is 0 Å². The number of alkyl halides is 1. The van der Waals surface area contributed by atoms with Gasteiger partial charge in [0.1, 0.15) is 0 Å². The number of ether oxygens (including phenoxy) is 2. The first kappa shape index (κ1) is 10.4. The first-order chi connectivity index (χ1) is 7.92. The van der Waals surface area contributed by atoms with Crippen LogP contribution in [-0.2, 0) is 26.1 Å². The van der Waals surface area contributed by atoms with Crippen molar-refractivity contribution in [3.8, 4) is 0 Å². The first-order valence-corrected chi connectivity index (χ1v) is 10.2. The molecular weight excluding hydrogens is 363 g/mol. The molecule has 0 aromatic carbocycles. The molecule has 0 aromatic heterocycles. The van der Waals surface area contributed by atoms with E-state index in [1.807, 2.05) is 0 Å². The molecule has 0 aromatic rings. The average molecular weight is 369 g/mol. The Morgan fingerprint density at radius 1 is 1.24 bits per heavy atom. The van der Waals surface area contributed by atoms with Gasteiger partial charge in [0.15, 0.2) is 0 Å². The van der Waals surface area contributed by atoms with Gasteiger partial charge in [-0.05, 0) is 0 Å². The third-order valence-electron chi connectivity index (χ3n) is 3.77. The van der Waals surface area contributed by atoms with Gasteiger partial charge in [0.25, 0.3) is 0 Å². The Morgan fingerprint density at radius 2 is 1.94 bits per heavy atom. The zero-order valence-electron chi connectivity index (χ0n) is 8.25. The number of fused-ring (bicyclic) bond motifs is 2. The fourth-order valence-electron chi connectivity index (χ4n) is 3.11. The molecule has 4 heterocycles. The van der Waals surface area contributed by atoms with Crippen LogP contribution < -0.4 is 19.8 Å². The molecule has 0 radical (unpaired) electrons. The summed E-state index contributed by atoms with van der Waals surface area (Å²) in [5.74, 6) is -1.73. The molecular formula is C9H6IO6S-. The van der Waals surface area contributed by atoms with Gasteiger partial charge >= 0.3 is 105 Å². The van der Waals surface area contributed by atoms with Crippen molar-refractivity contribution in [3.63, 3.8) is 0 Å². The van der Waals surface area contributed by atoms with E-state index < -0.39 is 59.8 Å². The van der Waals surface area contributed by atoms with Crippen LogP contribution in [0.15, 0.2) is 12.2 Å². The second-order valence-corrected chi connectivity index (χ2v) is 13.1. The number of hydrogen-bond donors (Lipinski definition) is 0. The Labute approximate surface area is 105 Å². The van der Waals surface area contributed by atoms with Crippen molar-refractivity contribution in [3.05, 3.63) is 12.2 Å².